The molecule has 0 saturated carbocycles. The average molecular weight is 236 g/mol. The summed E-state index contributed by atoms with van der Waals surface area (Å²) in [6.07, 6.45) is 3.17. The molecule has 3 heteroatoms. The highest BCUT2D eigenvalue weighted by atomic mass is 16.1. The predicted molar refractivity (Wildman–Crippen MR) is 68.1 cm³/mol. The number of hydrogen-bond donors (Lipinski definition) is 0. The first-order valence-corrected chi connectivity index (χ1v) is 5.63. The number of aryl methyl sites for hydroxylation is 1. The van der Waals surface area contributed by atoms with E-state index in [9.17, 15) is 10.1 Å². The monoisotopic (exact) mass is 236 g/mol. The molecule has 2 aromatic rings. The maximum atomic E-state index is 12.2. The van der Waals surface area contributed by atoms with Gasteiger partial charge >= 0.3 is 0 Å². The van der Waals surface area contributed by atoms with Gasteiger partial charge in [-0.1, -0.05) is 29.8 Å². The van der Waals surface area contributed by atoms with Crippen LogP contribution in [0.25, 0.3) is 0 Å². The summed E-state index contributed by atoms with van der Waals surface area (Å²) in [6, 6.07) is 12.7. The van der Waals surface area contributed by atoms with Crippen LogP contribution in [0.3, 0.4) is 0 Å². The second-order valence-electron chi connectivity index (χ2n) is 4.07. The summed E-state index contributed by atoms with van der Waals surface area (Å²) in [4.78, 5) is 16.1. The molecule has 3 nitrogen and oxygen atoms in total. The lowest BCUT2D eigenvalue weighted by molar-refractivity contribution is 0.0979. The van der Waals surface area contributed by atoms with Crippen molar-refractivity contribution in [2.75, 3.05) is 0 Å². The van der Waals surface area contributed by atoms with Crippen molar-refractivity contribution in [3.63, 3.8) is 0 Å². The summed E-state index contributed by atoms with van der Waals surface area (Å²) in [6.45, 7) is 1.96. The lowest BCUT2D eigenvalue weighted by Crippen LogP contribution is -2.11. The number of ketones is 1. The molecule has 1 aromatic heterocycles. The van der Waals surface area contributed by atoms with Crippen LogP contribution < -0.4 is 0 Å². The number of nitrogens with zero attached hydrogens (tertiary/aromatic N) is 2. The van der Waals surface area contributed by atoms with Crippen LogP contribution in [0, 0.1) is 18.3 Å². The summed E-state index contributed by atoms with van der Waals surface area (Å²) in [5, 5.41) is 9.17. The van der Waals surface area contributed by atoms with Crippen LogP contribution in [0.4, 0.5) is 0 Å². The van der Waals surface area contributed by atoms with E-state index in [1.54, 1.807) is 36.7 Å². The number of rotatable bonds is 3. The summed E-state index contributed by atoms with van der Waals surface area (Å²) in [5.74, 6) is -0.945. The minimum Gasteiger partial charge on any atom is -0.292 e. The third kappa shape index (κ3) is 2.44. The van der Waals surface area contributed by atoms with E-state index in [1.807, 2.05) is 19.1 Å². The van der Waals surface area contributed by atoms with Gasteiger partial charge in [0.05, 0.1) is 6.07 Å². The van der Waals surface area contributed by atoms with Gasteiger partial charge in [0.2, 0.25) is 0 Å². The van der Waals surface area contributed by atoms with Crippen molar-refractivity contribution >= 4 is 5.78 Å². The van der Waals surface area contributed by atoms with Crippen LogP contribution in [-0.2, 0) is 0 Å². The Morgan fingerprint density at radius 3 is 2.33 bits per heavy atom. The van der Waals surface area contributed by atoms with Crippen LogP contribution in [0.15, 0.2) is 48.8 Å². The largest absolute Gasteiger partial charge is 0.292 e. The number of nitriles is 1. The van der Waals surface area contributed by atoms with Crippen molar-refractivity contribution in [2.24, 2.45) is 0 Å². The van der Waals surface area contributed by atoms with Crippen molar-refractivity contribution in [3.8, 4) is 6.07 Å². The molecule has 0 aliphatic carbocycles. The first-order valence-electron chi connectivity index (χ1n) is 5.63. The smallest absolute Gasteiger partial charge is 0.184 e. The Bertz CT molecular complexity index is 582. The Morgan fingerprint density at radius 1 is 1.17 bits per heavy atom. The van der Waals surface area contributed by atoms with Gasteiger partial charge in [-0.05, 0) is 24.6 Å². The third-order valence-corrected chi connectivity index (χ3v) is 2.77. The van der Waals surface area contributed by atoms with E-state index >= 15 is 0 Å². The van der Waals surface area contributed by atoms with Gasteiger partial charge in [-0.3, -0.25) is 9.78 Å². The topological polar surface area (TPSA) is 53.8 Å². The molecule has 0 N–H and O–H groups in total. The summed E-state index contributed by atoms with van der Waals surface area (Å²) >= 11 is 0. The van der Waals surface area contributed by atoms with Crippen molar-refractivity contribution < 1.29 is 4.79 Å². The highest BCUT2D eigenvalue weighted by molar-refractivity contribution is 6.02. The number of hydrogen-bond acceptors (Lipinski definition) is 3. The first-order chi connectivity index (χ1) is 8.72. The van der Waals surface area contributed by atoms with E-state index < -0.39 is 5.92 Å². The highest BCUT2D eigenvalue weighted by Gasteiger charge is 2.21. The number of aromatic nitrogens is 1. The number of carbonyl (C=O) groups is 1. The summed E-state index contributed by atoms with van der Waals surface area (Å²) in [7, 11) is 0. The molecule has 2 rings (SSSR count). The zero-order chi connectivity index (χ0) is 13.0. The molecule has 0 fully saturated rings. The Kier molecular flexibility index (Phi) is 3.49. The van der Waals surface area contributed by atoms with Gasteiger partial charge in [0.15, 0.2) is 5.78 Å². The van der Waals surface area contributed by atoms with Crippen LogP contribution >= 0.6 is 0 Å². The molecule has 0 aliphatic heterocycles. The maximum absolute atomic E-state index is 12.2. The van der Waals surface area contributed by atoms with Crippen molar-refractivity contribution in [2.45, 2.75) is 12.8 Å². The van der Waals surface area contributed by atoms with Gasteiger partial charge in [-0.15, -0.1) is 0 Å². The van der Waals surface area contributed by atoms with Crippen molar-refractivity contribution in [1.82, 2.24) is 4.98 Å². The number of Topliss-reactive ketones (excluding diaryl/α,β-unsaturated/α-hetero) is 1. The van der Waals surface area contributed by atoms with E-state index in [4.69, 9.17) is 0 Å². The predicted octanol–water partition coefficient (Wildman–Crippen LogP) is 2.88. The normalized spacial score (nSPS) is 11.6. The molecule has 88 valence electrons. The van der Waals surface area contributed by atoms with Gasteiger partial charge in [-0.25, -0.2) is 0 Å². The standard InChI is InChI=1S/C15H12N2O/c1-11-2-4-13(5-3-11)15(18)14(10-16)12-6-8-17-9-7-12/h2-9,14H,1H3. The van der Waals surface area contributed by atoms with E-state index in [-0.39, 0.29) is 5.78 Å². The highest BCUT2D eigenvalue weighted by Crippen LogP contribution is 2.20. The molecule has 18 heavy (non-hydrogen) atoms. The fourth-order valence-electron chi connectivity index (χ4n) is 1.72. The lowest BCUT2D eigenvalue weighted by atomic mass is 9.92. The molecule has 0 bridgehead atoms. The second-order valence-corrected chi connectivity index (χ2v) is 4.07. The molecule has 1 unspecified atom stereocenters. The quantitative estimate of drug-likeness (QED) is 0.770. The lowest BCUT2D eigenvalue weighted by Gasteiger charge is -2.08. The zero-order valence-corrected chi connectivity index (χ0v) is 10.00. The Hall–Kier alpha value is -2.47. The Balaban J connectivity index is 2.32. The molecule has 0 spiro atoms. The molecule has 0 aliphatic rings. The molecule has 1 atom stereocenters. The molecular formula is C15H12N2O. The summed E-state index contributed by atoms with van der Waals surface area (Å²) in [5.41, 5.74) is 2.33. The van der Waals surface area contributed by atoms with Crippen LogP contribution in [0.2, 0.25) is 0 Å². The van der Waals surface area contributed by atoms with Gasteiger partial charge in [-0.2, -0.15) is 5.26 Å². The van der Waals surface area contributed by atoms with Crippen LogP contribution in [0.5, 0.6) is 0 Å². The Labute approximate surface area is 106 Å². The molecule has 1 heterocycles. The van der Waals surface area contributed by atoms with E-state index in [0.717, 1.165) is 5.56 Å². The molecule has 0 radical (unpaired) electrons. The number of benzene rings is 1. The van der Waals surface area contributed by atoms with Gasteiger partial charge < -0.3 is 0 Å². The van der Waals surface area contributed by atoms with E-state index in [2.05, 4.69) is 11.1 Å². The average Bonchev–Trinajstić information content (AvgIpc) is 2.41. The van der Waals surface area contributed by atoms with E-state index in [1.165, 1.54) is 0 Å². The summed E-state index contributed by atoms with van der Waals surface area (Å²) < 4.78 is 0. The molecular weight excluding hydrogens is 224 g/mol. The minimum atomic E-state index is -0.768. The number of pyridine rings is 1. The van der Waals surface area contributed by atoms with Crippen LogP contribution in [-0.4, -0.2) is 10.8 Å². The Morgan fingerprint density at radius 2 is 1.78 bits per heavy atom. The van der Waals surface area contributed by atoms with E-state index in [0.29, 0.717) is 11.1 Å². The third-order valence-electron chi connectivity index (χ3n) is 2.77. The fraction of sp³-hybridized carbons (Fsp3) is 0.133. The first kappa shape index (κ1) is 12.0. The number of carbonyl (C=O) groups excluding carboxylic acids is 1. The molecule has 0 saturated heterocycles. The second kappa shape index (κ2) is 5.24. The van der Waals surface area contributed by atoms with Gasteiger partial charge in [0, 0.05) is 18.0 Å². The SMILES string of the molecule is Cc1ccc(C(=O)C(C#N)c2ccncc2)cc1. The van der Waals surface area contributed by atoms with Gasteiger partial charge in [0.1, 0.15) is 5.92 Å². The minimum absolute atomic E-state index is 0.177. The maximum Gasteiger partial charge on any atom is 0.184 e. The zero-order valence-electron chi connectivity index (χ0n) is 10.00. The fourth-order valence-corrected chi connectivity index (χ4v) is 1.72. The van der Waals surface area contributed by atoms with Crippen molar-refractivity contribution in [3.05, 3.63) is 65.5 Å². The molecule has 0 amide bonds. The van der Waals surface area contributed by atoms with Crippen molar-refractivity contribution in [1.29, 1.82) is 5.26 Å². The van der Waals surface area contributed by atoms with Gasteiger partial charge in [0.25, 0.3) is 0 Å². The molecule has 1 aromatic carbocycles. The van der Waals surface area contributed by atoms with Crippen LogP contribution in [0.1, 0.15) is 27.4 Å².